The molecule has 0 atom stereocenters. The number of halogens is 2. The van der Waals surface area contributed by atoms with E-state index < -0.39 is 6.55 Å². The van der Waals surface area contributed by atoms with Gasteiger partial charge in [0.2, 0.25) is 0 Å². The molecular weight excluding hydrogens is 152 g/mol. The van der Waals surface area contributed by atoms with E-state index in [0.29, 0.717) is 10.2 Å². The van der Waals surface area contributed by atoms with Crippen LogP contribution in [0.2, 0.25) is 0 Å². The van der Waals surface area contributed by atoms with E-state index in [9.17, 15) is 8.78 Å². The Morgan fingerprint density at radius 3 is 2.64 bits per heavy atom. The largest absolute Gasteiger partial charge is 0.333 e. The van der Waals surface area contributed by atoms with E-state index in [1.165, 1.54) is 13.1 Å². The van der Waals surface area contributed by atoms with Crippen LogP contribution in [0.4, 0.5) is 8.78 Å². The van der Waals surface area contributed by atoms with Crippen LogP contribution in [-0.2, 0) is 0 Å². The maximum absolute atomic E-state index is 11.9. The number of aromatic nitrogens is 2. The van der Waals surface area contributed by atoms with Gasteiger partial charge < -0.3 is 5.41 Å². The summed E-state index contributed by atoms with van der Waals surface area (Å²) in [6.45, 7) is -1.10. The van der Waals surface area contributed by atoms with Crippen molar-refractivity contribution in [3.8, 4) is 0 Å². The summed E-state index contributed by atoms with van der Waals surface area (Å²) in [5.41, 5.74) is 0.655. The molecule has 1 aromatic heterocycles. The van der Waals surface area contributed by atoms with Gasteiger partial charge in [0.1, 0.15) is 0 Å². The van der Waals surface area contributed by atoms with Crippen molar-refractivity contribution in [2.75, 3.05) is 0 Å². The van der Waals surface area contributed by atoms with Crippen molar-refractivity contribution in [1.82, 2.24) is 9.78 Å². The second-order valence-electron chi connectivity index (χ2n) is 2.11. The highest BCUT2D eigenvalue weighted by atomic mass is 19.3. The first kappa shape index (κ1) is 7.84. The average molecular weight is 159 g/mol. The van der Waals surface area contributed by atoms with Gasteiger partial charge in [-0.05, 0) is 6.92 Å². The van der Waals surface area contributed by atoms with Crippen molar-refractivity contribution in [2.45, 2.75) is 13.5 Å². The first-order valence-corrected chi connectivity index (χ1v) is 2.99. The number of rotatable bonds is 2. The van der Waals surface area contributed by atoms with Gasteiger partial charge in [-0.1, -0.05) is 0 Å². The Bertz CT molecular complexity index is 267. The SMILES string of the molecule is CC(=N)c1cnn(C(F)F)c1. The molecule has 3 nitrogen and oxygen atoms in total. The highest BCUT2D eigenvalue weighted by Gasteiger charge is 2.07. The smallest absolute Gasteiger partial charge is 0.305 e. The van der Waals surface area contributed by atoms with Crippen LogP contribution in [0.5, 0.6) is 0 Å². The van der Waals surface area contributed by atoms with Crippen LogP contribution in [-0.4, -0.2) is 15.5 Å². The van der Waals surface area contributed by atoms with Crippen LogP contribution in [0.25, 0.3) is 0 Å². The van der Waals surface area contributed by atoms with Gasteiger partial charge in [-0.15, -0.1) is 0 Å². The Labute approximate surface area is 62.1 Å². The second-order valence-corrected chi connectivity index (χ2v) is 2.11. The third-order valence-electron chi connectivity index (χ3n) is 1.23. The third-order valence-corrected chi connectivity index (χ3v) is 1.23. The minimum absolute atomic E-state index is 0.233. The fraction of sp³-hybridized carbons (Fsp3) is 0.333. The predicted molar refractivity (Wildman–Crippen MR) is 36.0 cm³/mol. The van der Waals surface area contributed by atoms with Crippen molar-refractivity contribution in [2.24, 2.45) is 0 Å². The Morgan fingerprint density at radius 1 is 1.73 bits per heavy atom. The molecule has 0 aliphatic heterocycles. The van der Waals surface area contributed by atoms with Gasteiger partial charge in [0.25, 0.3) is 0 Å². The molecule has 0 unspecified atom stereocenters. The minimum atomic E-state index is -2.62. The molecule has 0 saturated heterocycles. The molecule has 11 heavy (non-hydrogen) atoms. The minimum Gasteiger partial charge on any atom is -0.305 e. The van der Waals surface area contributed by atoms with Gasteiger partial charge in [-0.2, -0.15) is 13.9 Å². The maximum Gasteiger partial charge on any atom is 0.333 e. The van der Waals surface area contributed by atoms with E-state index in [1.54, 1.807) is 0 Å². The van der Waals surface area contributed by atoms with Gasteiger partial charge in [0.15, 0.2) is 0 Å². The zero-order chi connectivity index (χ0) is 8.43. The lowest BCUT2D eigenvalue weighted by molar-refractivity contribution is 0.0566. The van der Waals surface area contributed by atoms with Gasteiger partial charge in [0.05, 0.1) is 6.20 Å². The van der Waals surface area contributed by atoms with Gasteiger partial charge >= 0.3 is 6.55 Å². The average Bonchev–Trinajstić information content (AvgIpc) is 2.33. The fourth-order valence-corrected chi connectivity index (χ4v) is 0.638. The first-order valence-electron chi connectivity index (χ1n) is 2.99. The van der Waals surface area contributed by atoms with E-state index in [4.69, 9.17) is 5.41 Å². The van der Waals surface area contributed by atoms with Crippen molar-refractivity contribution in [3.63, 3.8) is 0 Å². The second kappa shape index (κ2) is 2.77. The molecule has 60 valence electrons. The van der Waals surface area contributed by atoms with Crippen molar-refractivity contribution in [3.05, 3.63) is 18.0 Å². The Balaban J connectivity index is 2.90. The molecule has 0 spiro atoms. The van der Waals surface area contributed by atoms with E-state index in [2.05, 4.69) is 5.10 Å². The van der Waals surface area contributed by atoms with Gasteiger partial charge in [-0.25, -0.2) is 4.68 Å². The summed E-state index contributed by atoms with van der Waals surface area (Å²) in [6, 6.07) is 0. The molecule has 1 heterocycles. The Hall–Kier alpha value is -1.26. The molecule has 0 bridgehead atoms. The van der Waals surface area contributed by atoms with E-state index in [1.807, 2.05) is 0 Å². The lowest BCUT2D eigenvalue weighted by Crippen LogP contribution is -1.97. The normalized spacial score (nSPS) is 10.5. The predicted octanol–water partition coefficient (Wildman–Crippen LogP) is 1.67. The number of hydrogen-bond acceptors (Lipinski definition) is 2. The van der Waals surface area contributed by atoms with Crippen LogP contribution in [0, 0.1) is 5.41 Å². The van der Waals surface area contributed by atoms with Crippen LogP contribution in [0.1, 0.15) is 19.0 Å². The lowest BCUT2D eigenvalue weighted by Gasteiger charge is -1.94. The molecule has 1 rings (SSSR count). The van der Waals surface area contributed by atoms with Crippen LogP contribution < -0.4 is 0 Å². The fourth-order valence-electron chi connectivity index (χ4n) is 0.638. The van der Waals surface area contributed by atoms with Gasteiger partial charge in [0, 0.05) is 17.5 Å². The Morgan fingerprint density at radius 2 is 2.36 bits per heavy atom. The summed E-state index contributed by atoms with van der Waals surface area (Å²) in [5.74, 6) is 0. The molecule has 0 aromatic carbocycles. The monoisotopic (exact) mass is 159 g/mol. The molecule has 0 fully saturated rings. The highest BCUT2D eigenvalue weighted by molar-refractivity contribution is 5.95. The maximum atomic E-state index is 11.9. The lowest BCUT2D eigenvalue weighted by atomic mass is 10.2. The third kappa shape index (κ3) is 1.60. The first-order chi connectivity index (χ1) is 5.11. The van der Waals surface area contributed by atoms with E-state index in [-0.39, 0.29) is 5.71 Å². The van der Waals surface area contributed by atoms with Crippen molar-refractivity contribution in [1.29, 1.82) is 5.41 Å². The summed E-state index contributed by atoms with van der Waals surface area (Å²) >= 11 is 0. The molecule has 0 saturated carbocycles. The number of alkyl halides is 2. The molecule has 1 aromatic rings. The molecule has 0 aliphatic carbocycles. The molecular formula is C6H7F2N3. The van der Waals surface area contributed by atoms with Crippen molar-refractivity contribution < 1.29 is 8.78 Å². The standard InChI is InChI=1S/C6H7F2N3/c1-4(9)5-2-10-11(3-5)6(7)8/h2-3,6,9H,1H3. The molecule has 0 radical (unpaired) electrons. The van der Waals surface area contributed by atoms with Crippen molar-refractivity contribution >= 4 is 5.71 Å². The molecule has 1 N–H and O–H groups in total. The molecule has 5 heteroatoms. The number of nitrogens with zero attached hydrogens (tertiary/aromatic N) is 2. The summed E-state index contributed by atoms with van der Waals surface area (Å²) < 4.78 is 24.3. The van der Waals surface area contributed by atoms with E-state index in [0.717, 1.165) is 6.20 Å². The van der Waals surface area contributed by atoms with Crippen LogP contribution in [0.3, 0.4) is 0 Å². The van der Waals surface area contributed by atoms with E-state index >= 15 is 0 Å². The zero-order valence-electron chi connectivity index (χ0n) is 5.88. The van der Waals surface area contributed by atoms with Gasteiger partial charge in [-0.3, -0.25) is 0 Å². The number of nitrogens with one attached hydrogen (secondary N) is 1. The summed E-state index contributed by atoms with van der Waals surface area (Å²) in [6.07, 6.45) is 2.39. The molecule has 0 aliphatic rings. The van der Waals surface area contributed by atoms with Crippen LogP contribution >= 0.6 is 0 Å². The Kier molecular flexibility index (Phi) is 1.98. The molecule has 0 amide bonds. The summed E-state index contributed by atoms with van der Waals surface area (Å²) in [5, 5.41) is 10.5. The number of hydrogen-bond donors (Lipinski definition) is 1. The highest BCUT2D eigenvalue weighted by Crippen LogP contribution is 2.09. The summed E-state index contributed by atoms with van der Waals surface area (Å²) in [7, 11) is 0. The topological polar surface area (TPSA) is 41.7 Å². The van der Waals surface area contributed by atoms with Crippen LogP contribution in [0.15, 0.2) is 12.4 Å². The zero-order valence-corrected chi connectivity index (χ0v) is 5.88. The quantitative estimate of drug-likeness (QED) is 0.655. The summed E-state index contributed by atoms with van der Waals surface area (Å²) in [4.78, 5) is 0.